The van der Waals surface area contributed by atoms with Crippen LogP contribution in [-0.4, -0.2) is 25.0 Å². The molecule has 0 aliphatic rings. The van der Waals surface area contributed by atoms with Gasteiger partial charge in [0.05, 0.1) is 5.75 Å². The summed E-state index contributed by atoms with van der Waals surface area (Å²) in [6.07, 6.45) is 0. The Labute approximate surface area is 173 Å². The maximum Gasteiger partial charge on any atom is 0.247 e. The van der Waals surface area contributed by atoms with Gasteiger partial charge in [0.1, 0.15) is 12.4 Å². The van der Waals surface area contributed by atoms with Gasteiger partial charge in [-0.2, -0.15) is 0 Å². The number of thioether (sulfide) groups is 1. The van der Waals surface area contributed by atoms with Gasteiger partial charge in [-0.05, 0) is 43.2 Å². The third kappa shape index (κ3) is 4.48. The molecule has 2 aromatic heterocycles. The van der Waals surface area contributed by atoms with Crippen molar-refractivity contribution in [1.29, 1.82) is 0 Å². The first kappa shape index (κ1) is 19.2. The number of benzene rings is 2. The Bertz CT molecular complexity index is 1110. The molecule has 0 atom stereocenters. The van der Waals surface area contributed by atoms with Crippen LogP contribution in [-0.2, 0) is 19.4 Å². The first-order valence-electron chi connectivity index (χ1n) is 9.19. The number of rotatable bonds is 7. The molecule has 7 nitrogen and oxygen atoms in total. The highest BCUT2D eigenvalue weighted by Gasteiger charge is 2.14. The molecule has 0 unspecified atom stereocenters. The number of aryl methyl sites for hydroxylation is 2. The number of hydrogen-bond donors (Lipinski definition) is 0. The zero-order chi connectivity index (χ0) is 20.2. The topological polar surface area (TPSA) is 78.9 Å². The van der Waals surface area contributed by atoms with Crippen molar-refractivity contribution in [3.8, 4) is 17.2 Å². The van der Waals surface area contributed by atoms with Crippen molar-refractivity contribution < 1.29 is 9.15 Å². The van der Waals surface area contributed by atoms with Gasteiger partial charge in [-0.15, -0.1) is 20.4 Å². The van der Waals surface area contributed by atoms with Gasteiger partial charge in [0.15, 0.2) is 11.0 Å². The van der Waals surface area contributed by atoms with E-state index in [2.05, 4.69) is 32.5 Å². The van der Waals surface area contributed by atoms with Crippen molar-refractivity contribution in [2.75, 3.05) is 0 Å². The van der Waals surface area contributed by atoms with Crippen molar-refractivity contribution >= 4 is 11.8 Å². The molecule has 0 saturated heterocycles. The maximum absolute atomic E-state index is 5.94. The molecule has 0 fully saturated rings. The van der Waals surface area contributed by atoms with Gasteiger partial charge in [-0.25, -0.2) is 0 Å². The van der Waals surface area contributed by atoms with E-state index >= 15 is 0 Å². The van der Waals surface area contributed by atoms with E-state index in [-0.39, 0.29) is 0 Å². The molecule has 8 heteroatoms. The van der Waals surface area contributed by atoms with Crippen LogP contribution in [0, 0.1) is 13.8 Å². The van der Waals surface area contributed by atoms with Gasteiger partial charge >= 0.3 is 0 Å². The summed E-state index contributed by atoms with van der Waals surface area (Å²) in [6.45, 7) is 4.43. The Balaban J connectivity index is 1.38. The summed E-state index contributed by atoms with van der Waals surface area (Å²) < 4.78 is 13.6. The zero-order valence-electron chi connectivity index (χ0n) is 16.5. The van der Waals surface area contributed by atoms with Gasteiger partial charge in [0, 0.05) is 12.6 Å². The highest BCUT2D eigenvalue weighted by atomic mass is 32.2. The van der Waals surface area contributed by atoms with Crippen molar-refractivity contribution in [3.05, 3.63) is 71.4 Å². The van der Waals surface area contributed by atoms with Gasteiger partial charge in [0.25, 0.3) is 0 Å². The Kier molecular flexibility index (Phi) is 5.62. The lowest BCUT2D eigenvalue weighted by Crippen LogP contribution is -2.05. The molecule has 148 valence electrons. The predicted molar refractivity (Wildman–Crippen MR) is 111 cm³/mol. The monoisotopic (exact) mass is 407 g/mol. The second kappa shape index (κ2) is 8.48. The van der Waals surface area contributed by atoms with Gasteiger partial charge in [-0.3, -0.25) is 0 Å². The molecule has 0 N–H and O–H groups in total. The summed E-state index contributed by atoms with van der Waals surface area (Å²) in [4.78, 5) is 0. The van der Waals surface area contributed by atoms with Crippen LogP contribution in [0.3, 0.4) is 0 Å². The first-order valence-corrected chi connectivity index (χ1v) is 10.2. The van der Waals surface area contributed by atoms with Gasteiger partial charge < -0.3 is 13.7 Å². The van der Waals surface area contributed by atoms with E-state index in [9.17, 15) is 0 Å². The van der Waals surface area contributed by atoms with E-state index in [1.54, 1.807) is 0 Å². The summed E-state index contributed by atoms with van der Waals surface area (Å²) in [5, 5.41) is 17.5. The highest BCUT2D eigenvalue weighted by molar-refractivity contribution is 7.98. The fourth-order valence-electron chi connectivity index (χ4n) is 2.74. The molecule has 2 aromatic carbocycles. The fourth-order valence-corrected chi connectivity index (χ4v) is 3.50. The molecule has 0 aliphatic heterocycles. The Morgan fingerprint density at radius 1 is 1.00 bits per heavy atom. The predicted octanol–water partition coefficient (Wildman–Crippen LogP) is 4.35. The minimum atomic E-state index is 0.354. The number of aromatic nitrogens is 5. The number of nitrogens with zero attached hydrogens (tertiary/aromatic N) is 5. The molecule has 0 bridgehead atoms. The van der Waals surface area contributed by atoms with Crippen molar-refractivity contribution in [2.24, 2.45) is 7.05 Å². The highest BCUT2D eigenvalue weighted by Crippen LogP contribution is 2.24. The van der Waals surface area contributed by atoms with Crippen LogP contribution < -0.4 is 4.74 Å². The molecular weight excluding hydrogens is 386 g/mol. The maximum atomic E-state index is 5.94. The first-order chi connectivity index (χ1) is 14.1. The minimum Gasteiger partial charge on any atom is -0.485 e. The minimum absolute atomic E-state index is 0.354. The van der Waals surface area contributed by atoms with Crippen LogP contribution in [0.1, 0.15) is 22.8 Å². The van der Waals surface area contributed by atoms with E-state index in [0.29, 0.717) is 24.1 Å². The molecule has 2 heterocycles. The lowest BCUT2D eigenvalue weighted by molar-refractivity contribution is 0.288. The summed E-state index contributed by atoms with van der Waals surface area (Å²) in [6, 6.07) is 15.9. The molecule has 0 radical (unpaired) electrons. The van der Waals surface area contributed by atoms with Crippen LogP contribution in [0.5, 0.6) is 5.75 Å². The third-order valence-electron chi connectivity index (χ3n) is 4.44. The molecular formula is C21H21N5O2S. The Morgan fingerprint density at radius 3 is 2.66 bits per heavy atom. The van der Waals surface area contributed by atoms with Crippen molar-refractivity contribution in [3.63, 3.8) is 0 Å². The number of ether oxygens (including phenoxy) is 1. The summed E-state index contributed by atoms with van der Waals surface area (Å²) in [5.74, 6) is 3.20. The van der Waals surface area contributed by atoms with Crippen LogP contribution in [0.2, 0.25) is 0 Å². The average Bonchev–Trinajstić information content (AvgIpc) is 3.35. The molecule has 0 aliphatic carbocycles. The summed E-state index contributed by atoms with van der Waals surface area (Å²) in [5.41, 5.74) is 3.16. The second-order valence-corrected chi connectivity index (χ2v) is 7.61. The van der Waals surface area contributed by atoms with E-state index in [0.717, 1.165) is 33.4 Å². The molecule has 4 rings (SSSR count). The fraction of sp³-hybridized carbons (Fsp3) is 0.238. The lowest BCUT2D eigenvalue weighted by atomic mass is 10.1. The Hall–Kier alpha value is -3.13. The molecule has 0 saturated carbocycles. The number of hydrogen-bond acceptors (Lipinski definition) is 7. The molecule has 0 spiro atoms. The molecule has 29 heavy (non-hydrogen) atoms. The van der Waals surface area contributed by atoms with Gasteiger partial charge in [0.2, 0.25) is 11.8 Å². The SMILES string of the molecule is Cc1ccc(C)c(OCc2nnc(SCc3nnc(-c4ccccc4)o3)n2C)c1. The van der Waals surface area contributed by atoms with E-state index in [1.165, 1.54) is 11.8 Å². The second-order valence-electron chi connectivity index (χ2n) is 6.67. The van der Waals surface area contributed by atoms with Gasteiger partial charge in [-0.1, -0.05) is 42.1 Å². The van der Waals surface area contributed by atoms with Crippen LogP contribution in [0.4, 0.5) is 0 Å². The van der Waals surface area contributed by atoms with E-state index in [4.69, 9.17) is 9.15 Å². The van der Waals surface area contributed by atoms with Crippen molar-refractivity contribution in [1.82, 2.24) is 25.0 Å². The van der Waals surface area contributed by atoms with Crippen molar-refractivity contribution in [2.45, 2.75) is 31.4 Å². The molecule has 0 amide bonds. The Morgan fingerprint density at radius 2 is 1.83 bits per heavy atom. The van der Waals surface area contributed by atoms with E-state index < -0.39 is 0 Å². The van der Waals surface area contributed by atoms with Crippen LogP contribution in [0.15, 0.2) is 58.1 Å². The van der Waals surface area contributed by atoms with Crippen LogP contribution >= 0.6 is 11.8 Å². The smallest absolute Gasteiger partial charge is 0.247 e. The average molecular weight is 407 g/mol. The zero-order valence-corrected chi connectivity index (χ0v) is 17.3. The van der Waals surface area contributed by atoms with Crippen LogP contribution in [0.25, 0.3) is 11.5 Å². The normalized spacial score (nSPS) is 11.0. The molecule has 4 aromatic rings. The lowest BCUT2D eigenvalue weighted by Gasteiger charge is -2.09. The quantitative estimate of drug-likeness (QED) is 0.421. The largest absolute Gasteiger partial charge is 0.485 e. The summed E-state index contributed by atoms with van der Waals surface area (Å²) >= 11 is 1.49. The standard InChI is InChI=1S/C21H21N5O2S/c1-14-9-10-15(2)17(11-14)27-12-18-22-25-21(26(18)3)29-13-19-23-24-20(28-19)16-7-5-4-6-8-16/h4-11H,12-13H2,1-3H3. The summed E-state index contributed by atoms with van der Waals surface area (Å²) in [7, 11) is 1.92. The third-order valence-corrected chi connectivity index (χ3v) is 5.44. The van der Waals surface area contributed by atoms with E-state index in [1.807, 2.05) is 61.9 Å².